The van der Waals surface area contributed by atoms with Gasteiger partial charge in [-0.3, -0.25) is 10.1 Å². The van der Waals surface area contributed by atoms with E-state index in [9.17, 15) is 14.9 Å². The largest absolute Gasteiger partial charge is 0.462 e. The number of hydrogen-bond donors (Lipinski definition) is 0. The van der Waals surface area contributed by atoms with E-state index in [-0.39, 0.29) is 23.7 Å². The molecule has 0 bridgehead atoms. The van der Waals surface area contributed by atoms with Crippen molar-refractivity contribution in [1.29, 1.82) is 0 Å². The van der Waals surface area contributed by atoms with Crippen molar-refractivity contribution in [2.24, 2.45) is 0 Å². The number of esters is 1. The molecule has 2 aromatic heterocycles. The van der Waals surface area contributed by atoms with E-state index in [2.05, 4.69) is 5.16 Å². The molecule has 0 aliphatic rings. The number of furan rings is 1. The van der Waals surface area contributed by atoms with Crippen LogP contribution in [0, 0.1) is 17.0 Å². The number of carbonyl (C=O) groups is 1. The van der Waals surface area contributed by atoms with Gasteiger partial charge in [0.25, 0.3) is 0 Å². The van der Waals surface area contributed by atoms with Gasteiger partial charge in [0.15, 0.2) is 5.69 Å². The van der Waals surface area contributed by atoms with Crippen LogP contribution in [-0.4, -0.2) is 22.7 Å². The molecule has 2 heterocycles. The molecule has 0 radical (unpaired) electrons. The Hall–Kier alpha value is -3.68. The van der Waals surface area contributed by atoms with Crippen molar-refractivity contribution in [3.05, 3.63) is 69.3 Å². The zero-order valence-corrected chi connectivity index (χ0v) is 14.7. The van der Waals surface area contributed by atoms with E-state index < -0.39 is 10.9 Å². The Morgan fingerprint density at radius 1 is 1.26 bits per heavy atom. The summed E-state index contributed by atoms with van der Waals surface area (Å²) in [7, 11) is 0. The first-order valence-corrected chi connectivity index (χ1v) is 8.16. The Kier molecular flexibility index (Phi) is 5.16. The summed E-state index contributed by atoms with van der Waals surface area (Å²) in [5.41, 5.74) is 0.997. The second kappa shape index (κ2) is 7.69. The Labute approximate surface area is 154 Å². The zero-order valence-electron chi connectivity index (χ0n) is 14.7. The lowest BCUT2D eigenvalue weighted by molar-refractivity contribution is -0.386. The number of ether oxygens (including phenoxy) is 1. The number of carbonyl (C=O) groups excluding carboxylic acids is 1. The monoisotopic (exact) mass is 368 g/mol. The van der Waals surface area contributed by atoms with Crippen LogP contribution >= 0.6 is 0 Å². The van der Waals surface area contributed by atoms with E-state index in [4.69, 9.17) is 13.7 Å². The highest BCUT2D eigenvalue weighted by atomic mass is 16.6. The van der Waals surface area contributed by atoms with Gasteiger partial charge < -0.3 is 13.7 Å². The third-order valence-electron chi connectivity index (χ3n) is 3.75. The van der Waals surface area contributed by atoms with Gasteiger partial charge in [0.05, 0.1) is 17.1 Å². The van der Waals surface area contributed by atoms with Gasteiger partial charge in [0.1, 0.15) is 11.5 Å². The van der Waals surface area contributed by atoms with Crippen LogP contribution < -0.4 is 0 Å². The van der Waals surface area contributed by atoms with E-state index in [1.807, 2.05) is 0 Å². The molecule has 0 fully saturated rings. The van der Waals surface area contributed by atoms with Crippen molar-refractivity contribution in [3.8, 4) is 11.3 Å². The average Bonchev–Trinajstić information content (AvgIpc) is 3.26. The van der Waals surface area contributed by atoms with Crippen LogP contribution in [0.5, 0.6) is 0 Å². The van der Waals surface area contributed by atoms with Gasteiger partial charge in [-0.25, -0.2) is 4.79 Å². The van der Waals surface area contributed by atoms with E-state index in [1.54, 1.807) is 43.3 Å². The molecule has 0 atom stereocenters. The summed E-state index contributed by atoms with van der Waals surface area (Å²) in [5.74, 6) is 0.505. The fraction of sp³-hybridized carbons (Fsp3) is 0.158. The smallest absolute Gasteiger partial charge is 0.338 e. The first kappa shape index (κ1) is 18.1. The average molecular weight is 368 g/mol. The van der Waals surface area contributed by atoms with Gasteiger partial charge in [-0.05, 0) is 44.2 Å². The summed E-state index contributed by atoms with van der Waals surface area (Å²) in [6.45, 7) is 3.51. The summed E-state index contributed by atoms with van der Waals surface area (Å²) in [4.78, 5) is 22.6. The molecule has 0 saturated carbocycles. The predicted molar refractivity (Wildman–Crippen MR) is 96.9 cm³/mol. The third-order valence-corrected chi connectivity index (χ3v) is 3.75. The molecular weight excluding hydrogens is 352 g/mol. The first-order valence-electron chi connectivity index (χ1n) is 8.16. The highest BCUT2D eigenvalue weighted by Gasteiger charge is 2.22. The number of benzene rings is 1. The van der Waals surface area contributed by atoms with Gasteiger partial charge >= 0.3 is 11.7 Å². The fourth-order valence-corrected chi connectivity index (χ4v) is 2.54. The maximum Gasteiger partial charge on any atom is 0.338 e. The van der Waals surface area contributed by atoms with Crippen LogP contribution in [0.25, 0.3) is 23.5 Å². The highest BCUT2D eigenvalue weighted by molar-refractivity contribution is 5.96. The van der Waals surface area contributed by atoms with E-state index in [1.165, 1.54) is 19.1 Å². The summed E-state index contributed by atoms with van der Waals surface area (Å²) in [6, 6.07) is 10.3. The van der Waals surface area contributed by atoms with Crippen LogP contribution in [0.4, 0.5) is 5.69 Å². The van der Waals surface area contributed by atoms with Crippen LogP contribution in [0.2, 0.25) is 0 Å². The van der Waals surface area contributed by atoms with Gasteiger partial charge in [-0.15, -0.1) is 0 Å². The Bertz CT molecular complexity index is 1010. The molecule has 0 aliphatic carbocycles. The highest BCUT2D eigenvalue weighted by Crippen LogP contribution is 2.28. The SMILES string of the molecule is CCOC(=O)c1ccccc1-c1ccc(/C=C\c2onc(C)c2[N+](=O)[O-])o1. The molecule has 0 unspecified atom stereocenters. The van der Waals surface area contributed by atoms with Gasteiger partial charge in [0, 0.05) is 5.56 Å². The fourth-order valence-electron chi connectivity index (χ4n) is 2.54. The lowest BCUT2D eigenvalue weighted by atomic mass is 10.1. The summed E-state index contributed by atoms with van der Waals surface area (Å²) < 4.78 is 15.8. The number of aromatic nitrogens is 1. The molecule has 0 amide bonds. The molecule has 0 saturated heterocycles. The second-order valence-electron chi connectivity index (χ2n) is 5.54. The number of aryl methyl sites for hydroxylation is 1. The minimum absolute atomic E-state index is 0.0300. The molecule has 138 valence electrons. The van der Waals surface area contributed by atoms with Crippen molar-refractivity contribution >= 4 is 23.8 Å². The molecule has 0 spiro atoms. The maximum absolute atomic E-state index is 12.1. The molecule has 3 aromatic rings. The lowest BCUT2D eigenvalue weighted by Crippen LogP contribution is -2.05. The molecule has 0 aliphatic heterocycles. The third kappa shape index (κ3) is 3.79. The van der Waals surface area contributed by atoms with Gasteiger partial charge in [-0.2, -0.15) is 0 Å². The minimum atomic E-state index is -0.547. The standard InChI is InChI=1S/C19H16N2O6/c1-3-25-19(22)15-7-5-4-6-14(15)16-10-8-13(26-16)9-11-17-18(21(23)24)12(2)20-27-17/h4-11H,3H2,1-2H3/b11-9-. The van der Waals surface area contributed by atoms with Crippen LogP contribution in [0.3, 0.4) is 0 Å². The summed E-state index contributed by atoms with van der Waals surface area (Å²) >= 11 is 0. The minimum Gasteiger partial charge on any atom is -0.462 e. The van der Waals surface area contributed by atoms with E-state index in [0.29, 0.717) is 22.6 Å². The Morgan fingerprint density at radius 2 is 2.04 bits per heavy atom. The van der Waals surface area contributed by atoms with E-state index >= 15 is 0 Å². The molecular formula is C19H16N2O6. The molecule has 8 nitrogen and oxygen atoms in total. The maximum atomic E-state index is 12.1. The Morgan fingerprint density at radius 3 is 2.78 bits per heavy atom. The van der Waals surface area contributed by atoms with Gasteiger partial charge in [0.2, 0.25) is 5.76 Å². The number of nitro groups is 1. The van der Waals surface area contributed by atoms with Crippen LogP contribution in [0.15, 0.2) is 45.3 Å². The normalized spacial score (nSPS) is 11.0. The van der Waals surface area contributed by atoms with Crippen LogP contribution in [0.1, 0.15) is 34.5 Å². The van der Waals surface area contributed by atoms with Crippen molar-refractivity contribution in [1.82, 2.24) is 5.16 Å². The number of hydrogen-bond acceptors (Lipinski definition) is 7. The zero-order chi connectivity index (χ0) is 19.4. The number of nitrogens with zero attached hydrogens (tertiary/aromatic N) is 2. The predicted octanol–water partition coefficient (Wildman–Crippen LogP) is 4.50. The summed E-state index contributed by atoms with van der Waals surface area (Å²) in [6.07, 6.45) is 2.95. The lowest BCUT2D eigenvalue weighted by Gasteiger charge is -2.06. The first-order chi connectivity index (χ1) is 13.0. The second-order valence-corrected chi connectivity index (χ2v) is 5.54. The molecule has 27 heavy (non-hydrogen) atoms. The van der Waals surface area contributed by atoms with Crippen molar-refractivity contribution < 1.29 is 23.4 Å². The number of rotatable bonds is 6. The molecule has 3 rings (SSSR count). The topological polar surface area (TPSA) is 109 Å². The van der Waals surface area contributed by atoms with E-state index in [0.717, 1.165) is 0 Å². The quantitative estimate of drug-likeness (QED) is 0.358. The van der Waals surface area contributed by atoms with Crippen LogP contribution in [-0.2, 0) is 4.74 Å². The van der Waals surface area contributed by atoms with Crippen molar-refractivity contribution in [3.63, 3.8) is 0 Å². The van der Waals surface area contributed by atoms with Gasteiger partial charge in [-0.1, -0.05) is 23.4 Å². The summed E-state index contributed by atoms with van der Waals surface area (Å²) in [5, 5.41) is 14.7. The van der Waals surface area contributed by atoms with Crippen molar-refractivity contribution in [2.75, 3.05) is 6.61 Å². The van der Waals surface area contributed by atoms with Crippen molar-refractivity contribution in [2.45, 2.75) is 13.8 Å². The molecule has 8 heteroatoms. The molecule has 1 aromatic carbocycles. The molecule has 0 N–H and O–H groups in total. The Balaban J connectivity index is 1.89.